The molecule has 0 saturated carbocycles. The second kappa shape index (κ2) is 8.59. The average Bonchev–Trinajstić information content (AvgIpc) is 3.04. The summed E-state index contributed by atoms with van der Waals surface area (Å²) < 4.78 is 5.22. The standard InChI is InChI=1S/C15H20ClN5O2/c1-3-23-10-4-9-17-15(22)11(2)21-19-14(18-20-21)12-5-7-13(16)8-6-12/h5-8,11H,3-4,9-10H2,1-2H3,(H,17,22). The summed E-state index contributed by atoms with van der Waals surface area (Å²) >= 11 is 5.85. The quantitative estimate of drug-likeness (QED) is 0.746. The van der Waals surface area contributed by atoms with Crippen LogP contribution < -0.4 is 5.32 Å². The molecule has 2 aromatic rings. The Bertz CT molecular complexity index is 629. The predicted molar refractivity (Wildman–Crippen MR) is 87.1 cm³/mol. The molecule has 1 heterocycles. The van der Waals surface area contributed by atoms with Crippen LogP contribution in [0, 0.1) is 0 Å². The minimum absolute atomic E-state index is 0.151. The van der Waals surface area contributed by atoms with Crippen molar-refractivity contribution in [2.75, 3.05) is 19.8 Å². The Kier molecular flexibility index (Phi) is 6.49. The van der Waals surface area contributed by atoms with Gasteiger partial charge in [-0.05, 0) is 49.7 Å². The fraction of sp³-hybridized carbons (Fsp3) is 0.467. The first-order valence-electron chi connectivity index (χ1n) is 7.52. The maximum absolute atomic E-state index is 12.1. The van der Waals surface area contributed by atoms with Crippen molar-refractivity contribution in [2.45, 2.75) is 26.3 Å². The van der Waals surface area contributed by atoms with E-state index in [9.17, 15) is 4.79 Å². The summed E-state index contributed by atoms with van der Waals surface area (Å²) in [7, 11) is 0. The molecule has 0 spiro atoms. The van der Waals surface area contributed by atoms with Crippen LogP contribution in [0.15, 0.2) is 24.3 Å². The number of hydrogen-bond acceptors (Lipinski definition) is 5. The lowest BCUT2D eigenvalue weighted by atomic mass is 10.2. The zero-order chi connectivity index (χ0) is 16.7. The number of nitrogens with zero attached hydrogens (tertiary/aromatic N) is 4. The van der Waals surface area contributed by atoms with Gasteiger partial charge in [-0.25, -0.2) is 0 Å². The number of rotatable bonds is 8. The van der Waals surface area contributed by atoms with Gasteiger partial charge in [0.05, 0.1) is 0 Å². The summed E-state index contributed by atoms with van der Waals surface area (Å²) in [5.74, 6) is 0.305. The number of ether oxygens (including phenoxy) is 1. The number of tetrazole rings is 1. The first-order chi connectivity index (χ1) is 11.1. The van der Waals surface area contributed by atoms with Gasteiger partial charge in [-0.1, -0.05) is 11.6 Å². The summed E-state index contributed by atoms with van der Waals surface area (Å²) in [6.45, 7) is 5.54. The van der Waals surface area contributed by atoms with Crippen molar-refractivity contribution in [3.05, 3.63) is 29.3 Å². The van der Waals surface area contributed by atoms with Gasteiger partial charge in [0.15, 0.2) is 0 Å². The van der Waals surface area contributed by atoms with Crippen LogP contribution in [-0.2, 0) is 9.53 Å². The molecule has 0 saturated heterocycles. The lowest BCUT2D eigenvalue weighted by molar-refractivity contribution is -0.124. The van der Waals surface area contributed by atoms with Crippen molar-refractivity contribution >= 4 is 17.5 Å². The highest BCUT2D eigenvalue weighted by Crippen LogP contribution is 2.17. The molecule has 1 N–H and O–H groups in total. The zero-order valence-electron chi connectivity index (χ0n) is 13.2. The van der Waals surface area contributed by atoms with Gasteiger partial charge in [0.1, 0.15) is 6.04 Å². The van der Waals surface area contributed by atoms with E-state index in [4.69, 9.17) is 16.3 Å². The molecular formula is C15H20ClN5O2. The number of carbonyl (C=O) groups is 1. The smallest absolute Gasteiger partial charge is 0.246 e. The summed E-state index contributed by atoms with van der Waals surface area (Å²) in [6, 6.07) is 6.60. The first-order valence-corrected chi connectivity index (χ1v) is 7.90. The van der Waals surface area contributed by atoms with Crippen molar-refractivity contribution in [3.63, 3.8) is 0 Å². The molecule has 0 fully saturated rings. The first kappa shape index (κ1) is 17.4. The number of nitrogens with one attached hydrogen (secondary N) is 1. The lowest BCUT2D eigenvalue weighted by Crippen LogP contribution is -2.33. The minimum Gasteiger partial charge on any atom is -0.382 e. The maximum atomic E-state index is 12.1. The van der Waals surface area contributed by atoms with Gasteiger partial charge in [0.25, 0.3) is 0 Å². The van der Waals surface area contributed by atoms with Crippen molar-refractivity contribution < 1.29 is 9.53 Å². The zero-order valence-corrected chi connectivity index (χ0v) is 14.0. The van der Waals surface area contributed by atoms with Gasteiger partial charge >= 0.3 is 0 Å². The molecule has 1 amide bonds. The van der Waals surface area contributed by atoms with Crippen molar-refractivity contribution in [2.24, 2.45) is 0 Å². The molecule has 0 aliphatic heterocycles. The molecule has 23 heavy (non-hydrogen) atoms. The van der Waals surface area contributed by atoms with E-state index in [1.807, 2.05) is 19.1 Å². The van der Waals surface area contributed by atoms with Crippen molar-refractivity contribution in [1.29, 1.82) is 0 Å². The fourth-order valence-electron chi connectivity index (χ4n) is 1.89. The van der Waals surface area contributed by atoms with E-state index in [1.54, 1.807) is 19.1 Å². The average molecular weight is 338 g/mol. The van der Waals surface area contributed by atoms with Crippen molar-refractivity contribution in [1.82, 2.24) is 25.5 Å². The van der Waals surface area contributed by atoms with E-state index in [0.717, 1.165) is 12.0 Å². The van der Waals surface area contributed by atoms with E-state index in [0.29, 0.717) is 30.6 Å². The van der Waals surface area contributed by atoms with E-state index in [2.05, 4.69) is 20.7 Å². The normalized spacial score (nSPS) is 12.1. The summed E-state index contributed by atoms with van der Waals surface area (Å²) in [5, 5.41) is 15.7. The highest BCUT2D eigenvalue weighted by atomic mass is 35.5. The largest absolute Gasteiger partial charge is 0.382 e. The third kappa shape index (κ3) is 5.01. The molecule has 8 heteroatoms. The number of carbonyl (C=O) groups excluding carboxylic acids is 1. The number of aromatic nitrogens is 4. The SMILES string of the molecule is CCOCCCNC(=O)C(C)n1nnc(-c2ccc(Cl)cc2)n1. The molecule has 124 valence electrons. The Morgan fingerprint density at radius 1 is 1.39 bits per heavy atom. The number of halogens is 1. The monoisotopic (exact) mass is 337 g/mol. The molecule has 0 bridgehead atoms. The number of benzene rings is 1. The molecule has 1 aromatic heterocycles. The Morgan fingerprint density at radius 2 is 2.13 bits per heavy atom. The van der Waals surface area contributed by atoms with E-state index in [-0.39, 0.29) is 5.91 Å². The molecule has 0 aliphatic carbocycles. The van der Waals surface area contributed by atoms with Gasteiger partial charge in [-0.3, -0.25) is 4.79 Å². The third-order valence-corrected chi connectivity index (χ3v) is 3.48. The Balaban J connectivity index is 1.91. The van der Waals surface area contributed by atoms with Crippen LogP contribution in [0.3, 0.4) is 0 Å². The molecule has 1 aromatic carbocycles. The van der Waals surface area contributed by atoms with Crippen LogP contribution >= 0.6 is 11.6 Å². The second-order valence-electron chi connectivity index (χ2n) is 4.96. The molecule has 0 radical (unpaired) electrons. The highest BCUT2D eigenvalue weighted by Gasteiger charge is 2.18. The van der Waals surface area contributed by atoms with Crippen LogP contribution in [0.1, 0.15) is 26.3 Å². The molecule has 1 unspecified atom stereocenters. The third-order valence-electron chi connectivity index (χ3n) is 3.23. The van der Waals surface area contributed by atoms with E-state index < -0.39 is 6.04 Å². The molecule has 7 nitrogen and oxygen atoms in total. The van der Waals surface area contributed by atoms with Crippen LogP contribution in [0.2, 0.25) is 5.02 Å². The lowest BCUT2D eigenvalue weighted by Gasteiger charge is -2.10. The topological polar surface area (TPSA) is 81.9 Å². The van der Waals surface area contributed by atoms with Crippen LogP contribution in [0.4, 0.5) is 0 Å². The Hall–Kier alpha value is -1.99. The summed E-state index contributed by atoms with van der Waals surface area (Å²) in [6.07, 6.45) is 0.771. The van der Waals surface area contributed by atoms with Crippen molar-refractivity contribution in [3.8, 4) is 11.4 Å². The van der Waals surface area contributed by atoms with Gasteiger partial charge < -0.3 is 10.1 Å². The van der Waals surface area contributed by atoms with Gasteiger partial charge in [-0.15, -0.1) is 10.2 Å². The van der Waals surface area contributed by atoms with E-state index >= 15 is 0 Å². The fourth-order valence-corrected chi connectivity index (χ4v) is 2.01. The van der Waals surface area contributed by atoms with Gasteiger partial charge in [0, 0.05) is 30.3 Å². The predicted octanol–water partition coefficient (Wildman–Crippen LogP) is 2.10. The van der Waals surface area contributed by atoms with Crippen LogP contribution in [0.5, 0.6) is 0 Å². The molecule has 2 rings (SSSR count). The highest BCUT2D eigenvalue weighted by molar-refractivity contribution is 6.30. The van der Waals surface area contributed by atoms with E-state index in [1.165, 1.54) is 4.80 Å². The maximum Gasteiger partial charge on any atom is 0.246 e. The van der Waals surface area contributed by atoms with Crippen LogP contribution in [-0.4, -0.2) is 45.9 Å². The summed E-state index contributed by atoms with van der Waals surface area (Å²) in [4.78, 5) is 13.4. The minimum atomic E-state index is -0.532. The number of amides is 1. The van der Waals surface area contributed by atoms with Crippen LogP contribution in [0.25, 0.3) is 11.4 Å². The Morgan fingerprint density at radius 3 is 2.83 bits per heavy atom. The summed E-state index contributed by atoms with van der Waals surface area (Å²) in [5.41, 5.74) is 0.796. The molecule has 0 aliphatic rings. The molecular weight excluding hydrogens is 318 g/mol. The van der Waals surface area contributed by atoms with Gasteiger partial charge in [-0.2, -0.15) is 4.80 Å². The second-order valence-corrected chi connectivity index (χ2v) is 5.39. The van der Waals surface area contributed by atoms with Gasteiger partial charge in [0.2, 0.25) is 11.7 Å². The Labute approximate surface area is 140 Å². The number of hydrogen-bond donors (Lipinski definition) is 1. The molecule has 1 atom stereocenters.